The van der Waals surface area contributed by atoms with Crippen LogP contribution in [0.5, 0.6) is 11.5 Å². The fourth-order valence-electron chi connectivity index (χ4n) is 5.45. The molecule has 0 spiro atoms. The number of hydrogen-bond donors (Lipinski definition) is 2. The van der Waals surface area contributed by atoms with Gasteiger partial charge in [0.25, 0.3) is 0 Å². The number of benzene rings is 2. The van der Waals surface area contributed by atoms with E-state index in [4.69, 9.17) is 9.47 Å². The van der Waals surface area contributed by atoms with Crippen LogP contribution in [0.1, 0.15) is 24.0 Å². The summed E-state index contributed by atoms with van der Waals surface area (Å²) in [5, 5.41) is 6.66. The number of halogens is 2. The van der Waals surface area contributed by atoms with Gasteiger partial charge < -0.3 is 25.0 Å². The van der Waals surface area contributed by atoms with Crippen LogP contribution in [-0.2, 0) is 12.8 Å². The quantitative estimate of drug-likeness (QED) is 0.421. The number of piperidine rings is 1. The first-order valence-electron chi connectivity index (χ1n) is 13.5. The van der Waals surface area contributed by atoms with Crippen molar-refractivity contribution < 1.29 is 18.3 Å². The molecule has 0 amide bonds. The largest absolute Gasteiger partial charge is 0.495 e. The van der Waals surface area contributed by atoms with E-state index in [2.05, 4.69) is 36.5 Å². The second kappa shape index (κ2) is 12.6. The number of aryl methyl sites for hydroxylation is 1. The van der Waals surface area contributed by atoms with Gasteiger partial charge in [0.2, 0.25) is 5.95 Å². The third-order valence-electron chi connectivity index (χ3n) is 7.65. The van der Waals surface area contributed by atoms with Crippen LogP contribution in [0.15, 0.2) is 42.7 Å². The van der Waals surface area contributed by atoms with Gasteiger partial charge in [-0.15, -0.1) is 0 Å². The summed E-state index contributed by atoms with van der Waals surface area (Å²) in [6, 6.07) is 9.21. The number of anilines is 3. The molecule has 2 N–H and O–H groups in total. The van der Waals surface area contributed by atoms with Gasteiger partial charge in [-0.3, -0.25) is 4.90 Å². The van der Waals surface area contributed by atoms with Crippen LogP contribution in [-0.4, -0.2) is 74.4 Å². The topological polar surface area (TPSA) is 74.8 Å². The van der Waals surface area contributed by atoms with Crippen molar-refractivity contribution in [3.63, 3.8) is 0 Å². The van der Waals surface area contributed by atoms with Crippen LogP contribution in [0, 0.1) is 11.6 Å². The van der Waals surface area contributed by atoms with Crippen LogP contribution in [0.2, 0.25) is 0 Å². The summed E-state index contributed by atoms with van der Waals surface area (Å²) in [5.74, 6) is 0.0129. The molecule has 3 aromatic rings. The summed E-state index contributed by atoms with van der Waals surface area (Å²) >= 11 is 0. The first-order valence-corrected chi connectivity index (χ1v) is 13.5. The smallest absolute Gasteiger partial charge is 0.227 e. The summed E-state index contributed by atoms with van der Waals surface area (Å²) in [5.41, 5.74) is 2.69. The van der Waals surface area contributed by atoms with Crippen molar-refractivity contribution in [3.05, 3.63) is 65.5 Å². The monoisotopic (exact) mass is 538 g/mol. The molecule has 2 aliphatic rings. The lowest BCUT2D eigenvalue weighted by molar-refractivity contribution is 0.150. The zero-order valence-electron chi connectivity index (χ0n) is 22.6. The maximum absolute atomic E-state index is 14.4. The van der Waals surface area contributed by atoms with Crippen LogP contribution >= 0.6 is 0 Å². The van der Waals surface area contributed by atoms with Gasteiger partial charge in [0.1, 0.15) is 11.6 Å². The minimum Gasteiger partial charge on any atom is -0.495 e. The van der Waals surface area contributed by atoms with E-state index in [9.17, 15) is 8.78 Å². The van der Waals surface area contributed by atoms with E-state index in [1.807, 2.05) is 12.1 Å². The van der Waals surface area contributed by atoms with E-state index < -0.39 is 11.6 Å². The SMILES string of the molecule is COc1cc(Nc2ncc(CCc3c(F)ccc(OC)c3F)cn2)ccc1N1CCC(N2CCNCC2)CC1. The van der Waals surface area contributed by atoms with E-state index in [0.717, 1.165) is 74.8 Å². The van der Waals surface area contributed by atoms with Crippen molar-refractivity contribution in [2.45, 2.75) is 31.7 Å². The fourth-order valence-corrected chi connectivity index (χ4v) is 5.45. The summed E-state index contributed by atoms with van der Waals surface area (Å²) in [7, 11) is 3.05. The molecule has 39 heavy (non-hydrogen) atoms. The summed E-state index contributed by atoms with van der Waals surface area (Å²) in [6.45, 7) is 6.45. The Balaban J connectivity index is 1.18. The average molecular weight is 539 g/mol. The molecule has 0 saturated carbocycles. The van der Waals surface area contributed by atoms with E-state index in [0.29, 0.717) is 18.4 Å². The fraction of sp³-hybridized carbons (Fsp3) is 0.448. The first-order chi connectivity index (χ1) is 19.1. The van der Waals surface area contributed by atoms with Crippen LogP contribution in [0.4, 0.5) is 26.1 Å². The number of piperazine rings is 1. The third kappa shape index (κ3) is 6.39. The minimum absolute atomic E-state index is 0.00300. The minimum atomic E-state index is -0.668. The van der Waals surface area contributed by atoms with Crippen molar-refractivity contribution in [3.8, 4) is 11.5 Å². The molecule has 208 valence electrons. The standard InChI is InChI=1S/C29H36F2N6O2/c1-38-26-8-6-24(30)23(28(26)31)5-3-20-18-33-29(34-19-20)35-21-4-7-25(27(17-21)39-2)37-13-9-22(10-14-37)36-15-11-32-12-16-36/h4,6-8,17-19,22,32H,3,5,9-16H2,1-2H3,(H,33,34,35). The Hall–Kier alpha value is -3.50. The molecule has 0 aliphatic carbocycles. The van der Waals surface area contributed by atoms with E-state index in [1.165, 1.54) is 19.2 Å². The first kappa shape index (κ1) is 27.1. The van der Waals surface area contributed by atoms with Crippen molar-refractivity contribution in [1.29, 1.82) is 0 Å². The molecule has 8 nitrogen and oxygen atoms in total. The summed E-state index contributed by atoms with van der Waals surface area (Å²) < 4.78 is 39.2. The zero-order valence-corrected chi connectivity index (χ0v) is 22.6. The van der Waals surface area contributed by atoms with Crippen molar-refractivity contribution in [1.82, 2.24) is 20.2 Å². The Morgan fingerprint density at radius 3 is 2.33 bits per heavy atom. The maximum Gasteiger partial charge on any atom is 0.227 e. The van der Waals surface area contributed by atoms with E-state index in [-0.39, 0.29) is 17.7 Å². The molecular weight excluding hydrogens is 502 g/mol. The lowest BCUT2D eigenvalue weighted by Crippen LogP contribution is -2.52. The highest BCUT2D eigenvalue weighted by molar-refractivity contribution is 5.67. The average Bonchev–Trinajstić information content (AvgIpc) is 2.98. The molecule has 2 aliphatic heterocycles. The van der Waals surface area contributed by atoms with Crippen molar-refractivity contribution in [2.24, 2.45) is 0 Å². The maximum atomic E-state index is 14.4. The molecule has 0 bridgehead atoms. The predicted molar refractivity (Wildman–Crippen MR) is 148 cm³/mol. The van der Waals surface area contributed by atoms with Gasteiger partial charge in [0, 0.05) is 75.0 Å². The Labute approximate surface area is 228 Å². The number of aromatic nitrogens is 2. The second-order valence-corrected chi connectivity index (χ2v) is 9.97. The second-order valence-electron chi connectivity index (χ2n) is 9.97. The molecule has 2 aromatic carbocycles. The summed E-state index contributed by atoms with van der Waals surface area (Å²) in [4.78, 5) is 13.8. The number of nitrogens with zero attached hydrogens (tertiary/aromatic N) is 4. The van der Waals surface area contributed by atoms with Gasteiger partial charge in [-0.25, -0.2) is 18.7 Å². The Morgan fingerprint density at radius 1 is 0.923 bits per heavy atom. The highest BCUT2D eigenvalue weighted by atomic mass is 19.1. The van der Waals surface area contributed by atoms with Gasteiger partial charge in [0.15, 0.2) is 11.6 Å². The lowest BCUT2D eigenvalue weighted by Gasteiger charge is -2.41. The van der Waals surface area contributed by atoms with Crippen LogP contribution < -0.4 is 25.0 Å². The molecule has 5 rings (SSSR count). The van der Waals surface area contributed by atoms with Gasteiger partial charge >= 0.3 is 0 Å². The number of hydrogen-bond acceptors (Lipinski definition) is 8. The molecule has 2 fully saturated rings. The van der Waals surface area contributed by atoms with Gasteiger partial charge in [0.05, 0.1) is 19.9 Å². The highest BCUT2D eigenvalue weighted by Crippen LogP contribution is 2.34. The van der Waals surface area contributed by atoms with E-state index in [1.54, 1.807) is 19.5 Å². The van der Waals surface area contributed by atoms with Gasteiger partial charge in [-0.2, -0.15) is 0 Å². The molecule has 0 radical (unpaired) electrons. The number of rotatable bonds is 9. The van der Waals surface area contributed by atoms with Crippen LogP contribution in [0.3, 0.4) is 0 Å². The normalized spacial score (nSPS) is 16.8. The van der Waals surface area contributed by atoms with Crippen molar-refractivity contribution >= 4 is 17.3 Å². The zero-order chi connectivity index (χ0) is 27.2. The van der Waals surface area contributed by atoms with Gasteiger partial charge in [-0.1, -0.05) is 0 Å². The lowest BCUT2D eigenvalue weighted by atomic mass is 10.0. The Kier molecular flexibility index (Phi) is 8.73. The van der Waals surface area contributed by atoms with Crippen LogP contribution in [0.25, 0.3) is 0 Å². The summed E-state index contributed by atoms with van der Waals surface area (Å²) in [6.07, 6.45) is 6.21. The molecule has 2 saturated heterocycles. The van der Waals surface area contributed by atoms with Crippen molar-refractivity contribution in [2.75, 3.05) is 63.7 Å². The Bertz CT molecular complexity index is 1250. The number of nitrogens with one attached hydrogen (secondary N) is 2. The Morgan fingerprint density at radius 2 is 1.64 bits per heavy atom. The van der Waals surface area contributed by atoms with Gasteiger partial charge in [-0.05, 0) is 55.5 Å². The predicted octanol–water partition coefficient (Wildman–Crippen LogP) is 4.17. The molecule has 0 unspecified atom stereocenters. The molecule has 3 heterocycles. The molecule has 10 heteroatoms. The third-order valence-corrected chi connectivity index (χ3v) is 7.65. The molecule has 0 atom stereocenters. The molecule has 1 aromatic heterocycles. The molecular formula is C29H36F2N6O2. The highest BCUT2D eigenvalue weighted by Gasteiger charge is 2.26. The number of ether oxygens (including phenoxy) is 2. The van der Waals surface area contributed by atoms with E-state index >= 15 is 0 Å². The number of methoxy groups -OCH3 is 2.